The smallest absolute Gasteiger partial charge is 0.267 e. The predicted octanol–water partition coefficient (Wildman–Crippen LogP) is 5.69. The molecule has 0 aliphatic heterocycles. The summed E-state index contributed by atoms with van der Waals surface area (Å²) in [4.78, 5) is 33.1. The molecule has 38 heavy (non-hydrogen) atoms. The second-order valence-corrected chi connectivity index (χ2v) is 11.3. The third-order valence-corrected chi connectivity index (χ3v) is 8.83. The van der Waals surface area contributed by atoms with Crippen LogP contribution in [0.4, 0.5) is 0 Å². The molecule has 0 saturated heterocycles. The van der Waals surface area contributed by atoms with E-state index < -0.39 is 0 Å². The molecule has 2 heterocycles. The number of phenols is 1. The van der Waals surface area contributed by atoms with Crippen molar-refractivity contribution < 1.29 is 9.90 Å². The number of thioether (sulfide) groups is 1. The van der Waals surface area contributed by atoms with E-state index >= 15 is 0 Å². The molecule has 0 bridgehead atoms. The molecule has 0 atom stereocenters. The Balaban J connectivity index is 1.26. The van der Waals surface area contributed by atoms with E-state index in [1.807, 2.05) is 30.3 Å². The average molecular weight is 561 g/mol. The maximum Gasteiger partial charge on any atom is 0.267 e. The predicted molar refractivity (Wildman–Crippen MR) is 154 cm³/mol. The first kappa shape index (κ1) is 24.7. The van der Waals surface area contributed by atoms with Crippen LogP contribution < -0.4 is 11.0 Å². The van der Waals surface area contributed by atoms with Crippen molar-refractivity contribution in [1.82, 2.24) is 15.0 Å². The molecule has 5 aromatic rings. The highest BCUT2D eigenvalue weighted by atomic mass is 35.5. The Morgan fingerprint density at radius 3 is 2.82 bits per heavy atom. The molecule has 190 valence electrons. The van der Waals surface area contributed by atoms with Gasteiger partial charge < -0.3 is 5.11 Å². The van der Waals surface area contributed by atoms with Crippen molar-refractivity contribution >= 4 is 67.8 Å². The fourth-order valence-corrected chi connectivity index (χ4v) is 6.92. The Morgan fingerprint density at radius 1 is 1.16 bits per heavy atom. The first-order valence-corrected chi connectivity index (χ1v) is 14.2. The molecule has 2 N–H and O–H groups in total. The van der Waals surface area contributed by atoms with Crippen LogP contribution in [0.1, 0.15) is 22.4 Å². The van der Waals surface area contributed by atoms with Gasteiger partial charge in [-0.15, -0.1) is 11.3 Å². The molecule has 7 nitrogen and oxygen atoms in total. The number of nitrogens with zero attached hydrogens (tertiary/aromatic N) is 3. The number of rotatable bonds is 6. The van der Waals surface area contributed by atoms with E-state index in [1.54, 1.807) is 46.2 Å². The lowest BCUT2D eigenvalue weighted by molar-refractivity contribution is -0.118. The number of aryl methyl sites for hydroxylation is 2. The van der Waals surface area contributed by atoms with E-state index in [0.29, 0.717) is 31.6 Å². The zero-order chi connectivity index (χ0) is 26.2. The first-order chi connectivity index (χ1) is 18.5. The number of benzene rings is 3. The largest absolute Gasteiger partial charge is 0.507 e. The number of hydrazone groups is 1. The number of hydrogen-bond donors (Lipinski definition) is 2. The van der Waals surface area contributed by atoms with Gasteiger partial charge in [0.2, 0.25) is 0 Å². The summed E-state index contributed by atoms with van der Waals surface area (Å²) >= 11 is 8.81. The van der Waals surface area contributed by atoms with Gasteiger partial charge in [-0.1, -0.05) is 53.7 Å². The van der Waals surface area contributed by atoms with Crippen LogP contribution in [0, 0.1) is 0 Å². The van der Waals surface area contributed by atoms with Crippen molar-refractivity contribution in [1.29, 1.82) is 0 Å². The molecule has 1 aliphatic rings. The van der Waals surface area contributed by atoms with Gasteiger partial charge >= 0.3 is 0 Å². The fourth-order valence-electron chi connectivity index (χ4n) is 4.69. The second-order valence-electron chi connectivity index (χ2n) is 8.85. The average Bonchev–Trinajstić information content (AvgIpc) is 3.51. The van der Waals surface area contributed by atoms with E-state index in [0.717, 1.165) is 35.6 Å². The summed E-state index contributed by atoms with van der Waals surface area (Å²) in [5.41, 5.74) is 4.64. The molecule has 0 radical (unpaired) electrons. The summed E-state index contributed by atoms with van der Waals surface area (Å²) < 4.78 is 1.55. The summed E-state index contributed by atoms with van der Waals surface area (Å²) in [5, 5.41) is 17.8. The molecule has 1 amide bonds. The summed E-state index contributed by atoms with van der Waals surface area (Å²) in [7, 11) is 0. The Labute approximate surface area is 230 Å². The van der Waals surface area contributed by atoms with E-state index in [4.69, 9.17) is 16.6 Å². The molecule has 2 aromatic heterocycles. The van der Waals surface area contributed by atoms with Crippen LogP contribution in [-0.2, 0) is 17.6 Å². The van der Waals surface area contributed by atoms with Crippen molar-refractivity contribution in [2.24, 2.45) is 5.10 Å². The molecular formula is C28H21ClN4O3S2. The molecule has 1 aliphatic carbocycles. The number of amides is 1. The van der Waals surface area contributed by atoms with Crippen LogP contribution in [0.25, 0.3) is 26.7 Å². The number of carbonyl (C=O) groups is 1. The SMILES string of the molecule is O=C(CSc1nc2sc3c(c2c(=O)n1-c1ccc(Cl)cc1)CCC3)N/N=C/c1c(O)ccc2ccccc12. The van der Waals surface area contributed by atoms with Gasteiger partial charge in [-0.05, 0) is 65.9 Å². The van der Waals surface area contributed by atoms with Crippen molar-refractivity contribution in [2.45, 2.75) is 24.4 Å². The number of phenolic OH excluding ortho intramolecular Hbond substituents is 1. The van der Waals surface area contributed by atoms with E-state index in [2.05, 4.69) is 10.5 Å². The number of nitrogens with one attached hydrogen (secondary N) is 1. The highest BCUT2D eigenvalue weighted by Gasteiger charge is 2.24. The minimum absolute atomic E-state index is 0.00448. The Bertz CT molecular complexity index is 1790. The lowest BCUT2D eigenvalue weighted by Crippen LogP contribution is -2.24. The lowest BCUT2D eigenvalue weighted by Gasteiger charge is -2.12. The van der Waals surface area contributed by atoms with Gasteiger partial charge in [0.15, 0.2) is 5.16 Å². The molecule has 0 fully saturated rings. The van der Waals surface area contributed by atoms with E-state index in [9.17, 15) is 14.7 Å². The zero-order valence-electron chi connectivity index (χ0n) is 20.0. The van der Waals surface area contributed by atoms with Crippen LogP contribution in [-0.4, -0.2) is 32.5 Å². The van der Waals surface area contributed by atoms with Crippen LogP contribution in [0.5, 0.6) is 5.75 Å². The molecule has 0 saturated carbocycles. The van der Waals surface area contributed by atoms with Crippen LogP contribution in [0.3, 0.4) is 0 Å². The van der Waals surface area contributed by atoms with Gasteiger partial charge in [0.1, 0.15) is 10.6 Å². The Hall–Kier alpha value is -3.66. The third kappa shape index (κ3) is 4.57. The summed E-state index contributed by atoms with van der Waals surface area (Å²) in [6.45, 7) is 0. The molecule has 0 unspecified atom stereocenters. The monoisotopic (exact) mass is 560 g/mol. The number of halogens is 1. The maximum absolute atomic E-state index is 13.7. The molecular weight excluding hydrogens is 540 g/mol. The van der Waals surface area contributed by atoms with Crippen molar-refractivity contribution in [3.8, 4) is 11.4 Å². The maximum atomic E-state index is 13.7. The number of aromatic nitrogens is 2. The minimum atomic E-state index is -0.364. The standard InChI is InChI=1S/C28H21ClN4O3S2/c29-17-9-11-18(12-10-17)33-27(36)25-20-6-3-7-23(20)38-26(25)31-28(33)37-15-24(35)32-30-14-21-19-5-2-1-4-16(19)8-13-22(21)34/h1-2,4-5,8-14,34H,3,6-7,15H2,(H,32,35)/b30-14+. The Kier molecular flexibility index (Phi) is 6.65. The first-order valence-electron chi connectivity index (χ1n) is 12.0. The van der Waals surface area contributed by atoms with Gasteiger partial charge in [-0.3, -0.25) is 14.2 Å². The number of aromatic hydroxyl groups is 1. The molecule has 0 spiro atoms. The number of thiophene rings is 1. The second kappa shape index (κ2) is 10.2. The van der Waals surface area contributed by atoms with Gasteiger partial charge in [-0.2, -0.15) is 5.10 Å². The quantitative estimate of drug-likeness (QED) is 0.120. The summed E-state index contributed by atoms with van der Waals surface area (Å²) in [5.74, 6) is -0.296. The van der Waals surface area contributed by atoms with Gasteiger partial charge in [-0.25, -0.2) is 10.4 Å². The van der Waals surface area contributed by atoms with Gasteiger partial charge in [0, 0.05) is 15.5 Å². The fraction of sp³-hybridized carbons (Fsp3) is 0.143. The molecule has 10 heteroatoms. The third-order valence-electron chi connectivity index (χ3n) is 6.46. The zero-order valence-corrected chi connectivity index (χ0v) is 22.4. The van der Waals surface area contributed by atoms with Crippen molar-refractivity contribution in [3.63, 3.8) is 0 Å². The number of hydrogen-bond acceptors (Lipinski definition) is 7. The van der Waals surface area contributed by atoms with E-state index in [-0.39, 0.29) is 23.0 Å². The highest BCUT2D eigenvalue weighted by molar-refractivity contribution is 7.99. The van der Waals surface area contributed by atoms with Crippen LogP contribution in [0.15, 0.2) is 75.7 Å². The number of fused-ring (bicyclic) bond motifs is 4. The number of carbonyl (C=O) groups excluding carboxylic acids is 1. The van der Waals surface area contributed by atoms with Crippen molar-refractivity contribution in [2.75, 3.05) is 5.75 Å². The van der Waals surface area contributed by atoms with Crippen molar-refractivity contribution in [3.05, 3.63) is 92.0 Å². The highest BCUT2D eigenvalue weighted by Crippen LogP contribution is 2.36. The molecule has 6 rings (SSSR count). The summed E-state index contributed by atoms with van der Waals surface area (Å²) in [6.07, 6.45) is 4.32. The Morgan fingerprint density at radius 2 is 1.97 bits per heavy atom. The van der Waals surface area contributed by atoms with Crippen LogP contribution in [0.2, 0.25) is 5.02 Å². The van der Waals surface area contributed by atoms with Gasteiger partial charge in [0.25, 0.3) is 11.5 Å². The van der Waals surface area contributed by atoms with E-state index in [1.165, 1.54) is 22.9 Å². The van der Waals surface area contributed by atoms with Gasteiger partial charge in [0.05, 0.1) is 23.0 Å². The van der Waals surface area contributed by atoms with Crippen LogP contribution >= 0.6 is 34.7 Å². The topological polar surface area (TPSA) is 96.6 Å². The minimum Gasteiger partial charge on any atom is -0.507 e. The lowest BCUT2D eigenvalue weighted by atomic mass is 10.0. The normalized spacial score (nSPS) is 13.0. The molecule has 3 aromatic carbocycles. The summed E-state index contributed by atoms with van der Waals surface area (Å²) in [6, 6.07) is 18.0.